The summed E-state index contributed by atoms with van der Waals surface area (Å²) in [5, 5.41) is 2.56. The van der Waals surface area contributed by atoms with Crippen molar-refractivity contribution in [2.75, 3.05) is 23.3 Å². The Hall–Kier alpha value is -2.57. The molecule has 2 heterocycles. The number of halogens is 3. The van der Waals surface area contributed by atoms with E-state index in [4.69, 9.17) is 0 Å². The molecule has 2 aromatic rings. The number of H-pyrrole nitrogens is 1. The van der Waals surface area contributed by atoms with Crippen molar-refractivity contribution in [2.45, 2.75) is 25.4 Å². The van der Waals surface area contributed by atoms with Gasteiger partial charge in [-0.15, -0.1) is 0 Å². The van der Waals surface area contributed by atoms with E-state index in [1.54, 1.807) is 18.3 Å². The summed E-state index contributed by atoms with van der Waals surface area (Å²) in [5.41, 5.74) is -0.253. The summed E-state index contributed by atoms with van der Waals surface area (Å²) >= 11 is 0. The lowest BCUT2D eigenvalue weighted by Crippen LogP contribution is -2.36. The summed E-state index contributed by atoms with van der Waals surface area (Å²) in [6.07, 6.45) is 0.565. The number of anilines is 2. The minimum absolute atomic E-state index is 0.119. The van der Waals surface area contributed by atoms with Crippen LogP contribution in [0.25, 0.3) is 0 Å². The van der Waals surface area contributed by atoms with Gasteiger partial charge in [0.2, 0.25) is 0 Å². The van der Waals surface area contributed by atoms with Crippen LogP contribution in [0, 0.1) is 0 Å². The van der Waals surface area contributed by atoms with Crippen LogP contribution in [0.4, 0.5) is 24.7 Å². The maximum absolute atomic E-state index is 12.8. The van der Waals surface area contributed by atoms with Gasteiger partial charge >= 0.3 is 6.18 Å². The number of amides is 1. The number of piperidine rings is 1. The lowest BCUT2D eigenvalue weighted by Gasteiger charge is -2.22. The molecule has 1 aliphatic heterocycles. The number of pyridine rings is 1. The molecule has 4 nitrogen and oxygen atoms in total. The highest BCUT2D eigenvalue weighted by Crippen LogP contribution is 2.31. The zero-order valence-corrected chi connectivity index (χ0v) is 13.6. The highest BCUT2D eigenvalue weighted by Gasteiger charge is 2.31. The van der Waals surface area contributed by atoms with Gasteiger partial charge in [0.25, 0.3) is 11.7 Å². The van der Waals surface area contributed by atoms with Crippen LogP contribution in [0.3, 0.4) is 0 Å². The van der Waals surface area contributed by atoms with Crippen molar-refractivity contribution in [3.63, 3.8) is 0 Å². The second-order valence-electron chi connectivity index (χ2n) is 6.01. The van der Waals surface area contributed by atoms with Crippen molar-refractivity contribution >= 4 is 17.4 Å². The number of hydrogen-bond acceptors (Lipinski definition) is 2. The lowest BCUT2D eigenvalue weighted by molar-refractivity contribution is -0.364. The Bertz CT molecular complexity index is 755. The molecular formula is C18H19F3N3O+. The molecule has 132 valence electrons. The summed E-state index contributed by atoms with van der Waals surface area (Å²) in [5.74, 6) is 0.267. The SMILES string of the molecule is O=C(Nc1cccc(C(F)(F)F)c1)c1ccc[nH+]c1N1CCCCC1. The second-order valence-corrected chi connectivity index (χ2v) is 6.01. The summed E-state index contributed by atoms with van der Waals surface area (Å²) in [6.45, 7) is 1.70. The van der Waals surface area contributed by atoms with E-state index in [2.05, 4.69) is 15.2 Å². The number of carbonyl (C=O) groups excluding carboxylic acids is 1. The summed E-state index contributed by atoms with van der Waals surface area (Å²) in [4.78, 5) is 17.8. The molecular weight excluding hydrogens is 331 g/mol. The van der Waals surface area contributed by atoms with Crippen molar-refractivity contribution in [3.05, 3.63) is 53.7 Å². The highest BCUT2D eigenvalue weighted by atomic mass is 19.4. The fourth-order valence-corrected chi connectivity index (χ4v) is 2.96. The van der Waals surface area contributed by atoms with E-state index in [1.807, 2.05) is 0 Å². The number of carbonyl (C=O) groups is 1. The highest BCUT2D eigenvalue weighted by molar-refractivity contribution is 6.07. The van der Waals surface area contributed by atoms with E-state index in [9.17, 15) is 18.0 Å². The van der Waals surface area contributed by atoms with Crippen molar-refractivity contribution in [2.24, 2.45) is 0 Å². The molecule has 7 heteroatoms. The van der Waals surface area contributed by atoms with Gasteiger partial charge in [0.15, 0.2) is 0 Å². The van der Waals surface area contributed by atoms with Crippen LogP contribution < -0.4 is 15.2 Å². The Labute approximate surface area is 143 Å². The summed E-state index contributed by atoms with van der Waals surface area (Å²) < 4.78 is 38.4. The monoisotopic (exact) mass is 350 g/mol. The summed E-state index contributed by atoms with van der Waals surface area (Å²) in [6, 6.07) is 8.01. The molecule has 0 spiro atoms. The fraction of sp³-hybridized carbons (Fsp3) is 0.333. The van der Waals surface area contributed by atoms with E-state index in [-0.39, 0.29) is 5.69 Å². The fourth-order valence-electron chi connectivity index (χ4n) is 2.96. The molecule has 1 aliphatic rings. The van der Waals surface area contributed by atoms with E-state index < -0.39 is 17.6 Å². The predicted molar refractivity (Wildman–Crippen MR) is 88.5 cm³/mol. The summed E-state index contributed by atoms with van der Waals surface area (Å²) in [7, 11) is 0. The van der Waals surface area contributed by atoms with Gasteiger partial charge in [0, 0.05) is 5.69 Å². The third kappa shape index (κ3) is 4.10. The number of benzene rings is 1. The lowest BCUT2D eigenvalue weighted by atomic mass is 10.1. The first-order chi connectivity index (χ1) is 11.9. The minimum atomic E-state index is -4.44. The number of hydrogen-bond donors (Lipinski definition) is 1. The van der Waals surface area contributed by atoms with E-state index in [1.165, 1.54) is 12.1 Å². The molecule has 25 heavy (non-hydrogen) atoms. The van der Waals surface area contributed by atoms with Gasteiger partial charge in [0.1, 0.15) is 5.56 Å². The molecule has 2 N–H and O–H groups in total. The van der Waals surface area contributed by atoms with Crippen molar-refractivity contribution in [1.29, 1.82) is 0 Å². The van der Waals surface area contributed by atoms with Gasteiger partial charge in [-0.05, 0) is 49.6 Å². The predicted octanol–water partition coefficient (Wildman–Crippen LogP) is 3.76. The topological polar surface area (TPSA) is 46.5 Å². The molecule has 0 aliphatic carbocycles. The number of aromatic nitrogens is 1. The van der Waals surface area contributed by atoms with Gasteiger partial charge < -0.3 is 5.32 Å². The average molecular weight is 350 g/mol. The third-order valence-electron chi connectivity index (χ3n) is 4.20. The van der Waals surface area contributed by atoms with Gasteiger partial charge in [-0.1, -0.05) is 6.07 Å². The molecule has 0 saturated carbocycles. The van der Waals surface area contributed by atoms with Crippen LogP contribution >= 0.6 is 0 Å². The van der Waals surface area contributed by atoms with Crippen LogP contribution in [0.2, 0.25) is 0 Å². The number of alkyl halides is 3. The maximum Gasteiger partial charge on any atom is 0.416 e. The largest absolute Gasteiger partial charge is 0.416 e. The molecule has 0 radical (unpaired) electrons. The molecule has 0 unspecified atom stereocenters. The smallest absolute Gasteiger partial charge is 0.322 e. The molecule has 0 bridgehead atoms. The Balaban J connectivity index is 1.82. The quantitative estimate of drug-likeness (QED) is 0.916. The van der Waals surface area contributed by atoms with E-state index >= 15 is 0 Å². The molecule has 1 saturated heterocycles. The second kappa shape index (κ2) is 7.13. The van der Waals surface area contributed by atoms with Crippen molar-refractivity contribution in [3.8, 4) is 0 Å². The maximum atomic E-state index is 12.8. The molecule has 1 fully saturated rings. The Kier molecular flexibility index (Phi) is 4.92. The van der Waals surface area contributed by atoms with Crippen molar-refractivity contribution in [1.82, 2.24) is 0 Å². The molecule has 0 atom stereocenters. The van der Waals surface area contributed by atoms with Gasteiger partial charge in [-0.25, -0.2) is 4.98 Å². The molecule has 1 aromatic heterocycles. The van der Waals surface area contributed by atoms with E-state index in [0.29, 0.717) is 11.4 Å². The van der Waals surface area contributed by atoms with Crippen LogP contribution in [0.1, 0.15) is 35.2 Å². The minimum Gasteiger partial charge on any atom is -0.322 e. The first-order valence-electron chi connectivity index (χ1n) is 8.19. The van der Waals surface area contributed by atoms with Gasteiger partial charge in [0.05, 0.1) is 24.8 Å². The Morgan fingerprint density at radius 3 is 2.56 bits per heavy atom. The standard InChI is InChI=1S/C18H18F3N3O/c19-18(20,21)13-6-4-7-14(12-13)23-17(25)15-8-5-9-22-16(15)24-10-2-1-3-11-24/h4-9,12H,1-3,10-11H2,(H,23,25)/p+1. The van der Waals surface area contributed by atoms with Crippen LogP contribution in [0.5, 0.6) is 0 Å². The van der Waals surface area contributed by atoms with Gasteiger partial charge in [-0.2, -0.15) is 13.2 Å². The number of nitrogens with one attached hydrogen (secondary N) is 2. The first kappa shape index (κ1) is 17.3. The Morgan fingerprint density at radius 1 is 1.08 bits per heavy atom. The molecule has 1 aromatic carbocycles. The number of nitrogens with zero attached hydrogens (tertiary/aromatic N) is 1. The van der Waals surface area contributed by atoms with E-state index in [0.717, 1.165) is 44.5 Å². The average Bonchev–Trinajstić information content (AvgIpc) is 2.62. The first-order valence-corrected chi connectivity index (χ1v) is 8.19. The zero-order valence-electron chi connectivity index (χ0n) is 13.6. The number of aromatic amines is 1. The van der Waals surface area contributed by atoms with Crippen molar-refractivity contribution < 1.29 is 22.9 Å². The zero-order chi connectivity index (χ0) is 17.9. The third-order valence-corrected chi connectivity index (χ3v) is 4.20. The Morgan fingerprint density at radius 2 is 1.84 bits per heavy atom. The van der Waals surface area contributed by atoms with Crippen LogP contribution in [0.15, 0.2) is 42.6 Å². The normalized spacial score (nSPS) is 15.1. The van der Waals surface area contributed by atoms with Crippen LogP contribution in [-0.2, 0) is 6.18 Å². The molecule has 1 amide bonds. The molecule has 3 rings (SSSR count). The van der Waals surface area contributed by atoms with Crippen LogP contribution in [-0.4, -0.2) is 19.0 Å². The number of rotatable bonds is 3. The van der Waals surface area contributed by atoms with Gasteiger partial charge in [-0.3, -0.25) is 9.69 Å².